The van der Waals surface area contributed by atoms with Crippen LogP contribution in [0.3, 0.4) is 0 Å². The minimum Gasteiger partial charge on any atom is -0.364 e. The number of nitrogens with zero attached hydrogens (tertiary/aromatic N) is 1. The molecule has 1 amide bonds. The van der Waals surface area contributed by atoms with Gasteiger partial charge in [-0.25, -0.2) is 8.78 Å². The molecule has 3 nitrogen and oxygen atoms in total. The predicted molar refractivity (Wildman–Crippen MR) is 86.3 cm³/mol. The first kappa shape index (κ1) is 14.5. The first-order valence-corrected chi connectivity index (χ1v) is 7.41. The zero-order chi connectivity index (χ0) is 16.8. The van der Waals surface area contributed by atoms with Gasteiger partial charge in [-0.05, 0) is 40.5 Å². The first-order valence-electron chi connectivity index (χ1n) is 7.41. The number of pyridine rings is 1. The quantitative estimate of drug-likeness (QED) is 0.612. The van der Waals surface area contributed by atoms with Crippen molar-refractivity contribution in [2.75, 3.05) is 0 Å². The molecule has 1 heterocycles. The van der Waals surface area contributed by atoms with Gasteiger partial charge in [-0.1, -0.05) is 24.3 Å². The highest BCUT2D eigenvalue weighted by atomic mass is 19.1. The van der Waals surface area contributed by atoms with E-state index in [2.05, 4.69) is 4.98 Å². The van der Waals surface area contributed by atoms with E-state index in [-0.39, 0.29) is 5.69 Å². The molecule has 0 spiro atoms. The number of carbonyl (C=O) groups excluding carboxylic acids is 1. The molecule has 5 heteroatoms. The molecule has 0 saturated heterocycles. The molecular weight excluding hydrogens is 310 g/mol. The summed E-state index contributed by atoms with van der Waals surface area (Å²) in [6.45, 7) is 0. The molecule has 4 rings (SSSR count). The smallest absolute Gasteiger partial charge is 0.267 e. The average Bonchev–Trinajstić information content (AvgIpc) is 2.93. The fourth-order valence-corrected chi connectivity index (χ4v) is 3.25. The minimum absolute atomic E-state index is 0.140. The van der Waals surface area contributed by atoms with E-state index < -0.39 is 17.5 Å². The molecular formula is C19H12F2N2O. The number of carbonyl (C=O) groups is 1. The summed E-state index contributed by atoms with van der Waals surface area (Å²) in [7, 11) is 0. The third-order valence-electron chi connectivity index (χ3n) is 4.29. The number of hydrogen-bond acceptors (Lipinski definition) is 2. The molecule has 2 aromatic carbocycles. The highest BCUT2D eigenvalue weighted by Crippen LogP contribution is 2.44. The highest BCUT2D eigenvalue weighted by Gasteiger charge is 2.28. The van der Waals surface area contributed by atoms with E-state index in [4.69, 9.17) is 5.73 Å². The van der Waals surface area contributed by atoms with Gasteiger partial charge in [-0.15, -0.1) is 0 Å². The third kappa shape index (κ3) is 2.09. The molecule has 3 aromatic rings. The zero-order valence-electron chi connectivity index (χ0n) is 12.5. The van der Waals surface area contributed by atoms with Crippen molar-refractivity contribution < 1.29 is 13.6 Å². The van der Waals surface area contributed by atoms with Gasteiger partial charge in [-0.2, -0.15) is 0 Å². The van der Waals surface area contributed by atoms with E-state index >= 15 is 0 Å². The highest BCUT2D eigenvalue weighted by molar-refractivity contribution is 5.99. The van der Waals surface area contributed by atoms with E-state index in [1.54, 1.807) is 24.3 Å². The van der Waals surface area contributed by atoms with E-state index in [0.29, 0.717) is 34.2 Å². The van der Waals surface area contributed by atoms with Crippen LogP contribution in [0.5, 0.6) is 0 Å². The van der Waals surface area contributed by atoms with Gasteiger partial charge in [0.1, 0.15) is 17.3 Å². The molecule has 0 bridgehead atoms. The topological polar surface area (TPSA) is 56.0 Å². The molecule has 24 heavy (non-hydrogen) atoms. The standard InChI is InChI=1S/C19H12F2N2O/c20-11-6-5-10-7-14-17(13(10)8-11)15(9-23-18(14)19(22)24)12-3-1-2-4-16(12)21/h1-6,8-9H,7H2,(H2,22,24). The maximum atomic E-state index is 14.3. The van der Waals surface area contributed by atoms with Gasteiger partial charge in [0, 0.05) is 23.7 Å². The summed E-state index contributed by atoms with van der Waals surface area (Å²) in [6.07, 6.45) is 1.84. The van der Waals surface area contributed by atoms with Crippen LogP contribution in [-0.4, -0.2) is 10.9 Å². The summed E-state index contributed by atoms with van der Waals surface area (Å²) in [5, 5.41) is 0. The Bertz CT molecular complexity index is 999. The van der Waals surface area contributed by atoms with Gasteiger partial charge >= 0.3 is 0 Å². The summed E-state index contributed by atoms with van der Waals surface area (Å²) in [5.74, 6) is -1.45. The van der Waals surface area contributed by atoms with Crippen LogP contribution in [0.4, 0.5) is 8.78 Å². The summed E-state index contributed by atoms with van der Waals surface area (Å²) in [4.78, 5) is 15.8. The van der Waals surface area contributed by atoms with Crippen LogP contribution < -0.4 is 5.73 Å². The molecule has 0 atom stereocenters. The number of nitrogens with two attached hydrogens (primary N) is 1. The second-order valence-corrected chi connectivity index (χ2v) is 5.70. The number of benzene rings is 2. The Morgan fingerprint density at radius 1 is 1.04 bits per heavy atom. The summed E-state index contributed by atoms with van der Waals surface area (Å²) in [5.41, 5.74) is 9.19. The number of amides is 1. The second kappa shape index (κ2) is 5.23. The lowest BCUT2D eigenvalue weighted by atomic mass is 9.94. The SMILES string of the molecule is NC(=O)c1ncc(-c2ccccc2F)c2c1Cc1ccc(F)cc1-2. The van der Waals surface area contributed by atoms with E-state index in [1.165, 1.54) is 24.4 Å². The third-order valence-corrected chi connectivity index (χ3v) is 4.29. The molecule has 0 aliphatic heterocycles. The first-order chi connectivity index (χ1) is 11.6. The number of fused-ring (bicyclic) bond motifs is 3. The molecule has 0 fully saturated rings. The van der Waals surface area contributed by atoms with Crippen molar-refractivity contribution in [3.8, 4) is 22.3 Å². The fourth-order valence-electron chi connectivity index (χ4n) is 3.25. The Morgan fingerprint density at radius 2 is 1.83 bits per heavy atom. The Balaban J connectivity index is 2.07. The van der Waals surface area contributed by atoms with Crippen LogP contribution in [-0.2, 0) is 6.42 Å². The average molecular weight is 322 g/mol. The molecule has 0 unspecified atom stereocenters. The van der Waals surface area contributed by atoms with E-state index in [0.717, 1.165) is 5.56 Å². The van der Waals surface area contributed by atoms with Crippen molar-refractivity contribution in [2.45, 2.75) is 6.42 Å². The van der Waals surface area contributed by atoms with Gasteiger partial charge in [-0.3, -0.25) is 9.78 Å². The number of rotatable bonds is 2. The van der Waals surface area contributed by atoms with Gasteiger partial charge in [0.05, 0.1) is 0 Å². The van der Waals surface area contributed by atoms with Crippen molar-refractivity contribution >= 4 is 5.91 Å². The van der Waals surface area contributed by atoms with Crippen LogP contribution in [0.15, 0.2) is 48.7 Å². The Hall–Kier alpha value is -3.08. The molecule has 1 aliphatic carbocycles. The van der Waals surface area contributed by atoms with Gasteiger partial charge in [0.2, 0.25) is 0 Å². The molecule has 2 N–H and O–H groups in total. The van der Waals surface area contributed by atoms with Crippen LogP contribution in [0.1, 0.15) is 21.6 Å². The minimum atomic E-state index is -0.653. The number of hydrogen-bond donors (Lipinski definition) is 1. The number of halogens is 2. The van der Waals surface area contributed by atoms with E-state index in [1.807, 2.05) is 0 Å². The molecule has 1 aliphatic rings. The lowest BCUT2D eigenvalue weighted by Crippen LogP contribution is -2.16. The summed E-state index contributed by atoms with van der Waals surface area (Å²) in [6, 6.07) is 10.7. The molecule has 118 valence electrons. The lowest BCUT2D eigenvalue weighted by Gasteiger charge is -2.12. The zero-order valence-corrected chi connectivity index (χ0v) is 12.5. The maximum absolute atomic E-state index is 14.3. The van der Waals surface area contributed by atoms with Gasteiger partial charge in [0.15, 0.2) is 0 Å². The monoisotopic (exact) mass is 322 g/mol. The number of primary amides is 1. The largest absolute Gasteiger partial charge is 0.364 e. The Kier molecular flexibility index (Phi) is 3.16. The van der Waals surface area contributed by atoms with E-state index in [9.17, 15) is 13.6 Å². The van der Waals surface area contributed by atoms with Gasteiger partial charge < -0.3 is 5.73 Å². The van der Waals surface area contributed by atoms with Crippen molar-refractivity contribution in [1.82, 2.24) is 4.98 Å². The van der Waals surface area contributed by atoms with Crippen LogP contribution in [0.25, 0.3) is 22.3 Å². The van der Waals surface area contributed by atoms with Gasteiger partial charge in [0.25, 0.3) is 5.91 Å². The van der Waals surface area contributed by atoms with Crippen LogP contribution in [0.2, 0.25) is 0 Å². The Labute approximate surface area is 136 Å². The predicted octanol–water partition coefficient (Wildman–Crippen LogP) is 3.70. The van der Waals surface area contributed by atoms with Crippen LogP contribution >= 0.6 is 0 Å². The van der Waals surface area contributed by atoms with Crippen molar-refractivity contribution in [2.24, 2.45) is 5.73 Å². The normalized spacial score (nSPS) is 11.9. The molecule has 0 saturated carbocycles. The fraction of sp³-hybridized carbons (Fsp3) is 0.0526. The molecule has 0 radical (unpaired) electrons. The van der Waals surface area contributed by atoms with Crippen molar-refractivity contribution in [3.05, 3.63) is 77.1 Å². The van der Waals surface area contributed by atoms with Crippen molar-refractivity contribution in [3.63, 3.8) is 0 Å². The number of aromatic nitrogens is 1. The Morgan fingerprint density at radius 3 is 2.58 bits per heavy atom. The summed E-state index contributed by atoms with van der Waals surface area (Å²) >= 11 is 0. The maximum Gasteiger partial charge on any atom is 0.267 e. The molecule has 1 aromatic heterocycles. The second-order valence-electron chi connectivity index (χ2n) is 5.70. The van der Waals surface area contributed by atoms with Crippen molar-refractivity contribution in [1.29, 1.82) is 0 Å². The summed E-state index contributed by atoms with van der Waals surface area (Å²) < 4.78 is 28.0. The lowest BCUT2D eigenvalue weighted by molar-refractivity contribution is 0.0995. The van der Waals surface area contributed by atoms with Crippen LogP contribution in [0, 0.1) is 11.6 Å².